The zero-order valence-electron chi connectivity index (χ0n) is 13.6. The van der Waals surface area contributed by atoms with Gasteiger partial charge >= 0.3 is 0 Å². The van der Waals surface area contributed by atoms with E-state index in [1.807, 2.05) is 18.7 Å². The molecule has 1 amide bonds. The van der Waals surface area contributed by atoms with Crippen LogP contribution in [-0.2, 0) is 16.1 Å². The van der Waals surface area contributed by atoms with Gasteiger partial charge in [-0.2, -0.15) is 0 Å². The quantitative estimate of drug-likeness (QED) is 0.851. The van der Waals surface area contributed by atoms with Gasteiger partial charge in [-0.3, -0.25) is 9.69 Å². The molecular formula is C15H26N4O2S. The highest BCUT2D eigenvalue weighted by Crippen LogP contribution is 2.22. The van der Waals surface area contributed by atoms with Crippen LogP contribution in [0.3, 0.4) is 0 Å². The predicted octanol–water partition coefficient (Wildman–Crippen LogP) is 1.23. The first-order chi connectivity index (χ1) is 10.5. The fraction of sp³-hybridized carbons (Fsp3) is 0.733. The van der Waals surface area contributed by atoms with Crippen LogP contribution in [0, 0.1) is 0 Å². The number of nitrogens with two attached hydrogens (primary N) is 1. The summed E-state index contributed by atoms with van der Waals surface area (Å²) in [5, 5.41) is 3.13. The largest absolute Gasteiger partial charge is 0.372 e. The van der Waals surface area contributed by atoms with Crippen molar-refractivity contribution in [3.8, 4) is 0 Å². The van der Waals surface area contributed by atoms with Crippen molar-refractivity contribution in [2.75, 3.05) is 32.8 Å². The van der Waals surface area contributed by atoms with E-state index in [0.717, 1.165) is 43.4 Å². The lowest BCUT2D eigenvalue weighted by Crippen LogP contribution is -2.52. The van der Waals surface area contributed by atoms with Gasteiger partial charge in [-0.25, -0.2) is 4.98 Å². The normalized spacial score (nSPS) is 19.2. The molecule has 22 heavy (non-hydrogen) atoms. The third-order valence-electron chi connectivity index (χ3n) is 3.79. The van der Waals surface area contributed by atoms with E-state index >= 15 is 0 Å². The van der Waals surface area contributed by atoms with Gasteiger partial charge in [0.1, 0.15) is 11.1 Å². The van der Waals surface area contributed by atoms with E-state index in [9.17, 15) is 4.79 Å². The molecule has 2 rings (SSSR count). The molecule has 124 valence electrons. The Hall–Kier alpha value is -1.02. The standard InChI is InChI=1S/C15H26N4O2S/c1-4-21-12(3)14-17-13(10-22-14)9-18-5-7-19(8-6-18)15(20)11(2)16/h10-12H,4-9,16H2,1-3H3. The second-order valence-corrected chi connectivity index (χ2v) is 6.55. The third kappa shape index (κ3) is 4.49. The highest BCUT2D eigenvalue weighted by atomic mass is 32.1. The summed E-state index contributed by atoms with van der Waals surface area (Å²) >= 11 is 1.65. The van der Waals surface area contributed by atoms with Crippen molar-refractivity contribution < 1.29 is 9.53 Å². The number of ether oxygens (including phenoxy) is 1. The Kier molecular flexibility index (Phi) is 6.31. The van der Waals surface area contributed by atoms with Gasteiger partial charge in [-0.1, -0.05) is 0 Å². The molecule has 1 saturated heterocycles. The van der Waals surface area contributed by atoms with E-state index in [-0.39, 0.29) is 12.0 Å². The zero-order chi connectivity index (χ0) is 16.1. The second-order valence-electron chi connectivity index (χ2n) is 5.66. The number of hydrogen-bond donors (Lipinski definition) is 1. The average molecular weight is 326 g/mol. The van der Waals surface area contributed by atoms with E-state index in [1.54, 1.807) is 18.3 Å². The smallest absolute Gasteiger partial charge is 0.239 e. The minimum absolute atomic E-state index is 0.0427. The van der Waals surface area contributed by atoms with Crippen LogP contribution in [0.5, 0.6) is 0 Å². The van der Waals surface area contributed by atoms with Crippen LogP contribution >= 0.6 is 11.3 Å². The van der Waals surface area contributed by atoms with Gasteiger partial charge in [0.15, 0.2) is 0 Å². The number of nitrogens with zero attached hydrogens (tertiary/aromatic N) is 3. The molecule has 0 bridgehead atoms. The number of amides is 1. The first kappa shape index (κ1) is 17.3. The van der Waals surface area contributed by atoms with Crippen molar-refractivity contribution in [2.45, 2.75) is 39.5 Å². The van der Waals surface area contributed by atoms with Crippen LogP contribution in [-0.4, -0.2) is 59.5 Å². The molecule has 6 nitrogen and oxygen atoms in total. The average Bonchev–Trinajstić information content (AvgIpc) is 2.96. The van der Waals surface area contributed by atoms with Crippen LogP contribution in [0.25, 0.3) is 0 Å². The molecule has 2 N–H and O–H groups in total. The SMILES string of the molecule is CCOC(C)c1nc(CN2CCN(C(=O)C(C)N)CC2)cs1. The number of thiazole rings is 1. The van der Waals surface area contributed by atoms with Crippen molar-refractivity contribution in [3.63, 3.8) is 0 Å². The van der Waals surface area contributed by atoms with E-state index < -0.39 is 6.04 Å². The molecule has 7 heteroatoms. The highest BCUT2D eigenvalue weighted by molar-refractivity contribution is 7.09. The maximum absolute atomic E-state index is 11.9. The number of carbonyl (C=O) groups is 1. The molecule has 2 heterocycles. The van der Waals surface area contributed by atoms with Gasteiger partial charge in [-0.05, 0) is 20.8 Å². The van der Waals surface area contributed by atoms with Gasteiger partial charge in [0, 0.05) is 44.7 Å². The van der Waals surface area contributed by atoms with Crippen molar-refractivity contribution in [1.29, 1.82) is 0 Å². The molecule has 0 aromatic carbocycles. The van der Waals surface area contributed by atoms with Crippen LogP contribution in [0.1, 0.15) is 37.6 Å². The Morgan fingerprint density at radius 1 is 1.41 bits per heavy atom. The lowest BCUT2D eigenvalue weighted by Gasteiger charge is -2.35. The second kappa shape index (κ2) is 8.01. The van der Waals surface area contributed by atoms with Crippen LogP contribution in [0.4, 0.5) is 0 Å². The summed E-state index contributed by atoms with van der Waals surface area (Å²) in [6, 6.07) is -0.410. The maximum Gasteiger partial charge on any atom is 0.239 e. The van der Waals surface area contributed by atoms with Gasteiger partial charge in [-0.15, -0.1) is 11.3 Å². The van der Waals surface area contributed by atoms with Crippen molar-refractivity contribution >= 4 is 17.2 Å². The van der Waals surface area contributed by atoms with Crippen molar-refractivity contribution in [3.05, 3.63) is 16.1 Å². The van der Waals surface area contributed by atoms with Crippen molar-refractivity contribution in [2.24, 2.45) is 5.73 Å². The van der Waals surface area contributed by atoms with Crippen LogP contribution < -0.4 is 5.73 Å². The summed E-state index contributed by atoms with van der Waals surface area (Å²) in [5.41, 5.74) is 6.74. The molecular weight excluding hydrogens is 300 g/mol. The molecule has 2 atom stereocenters. The fourth-order valence-electron chi connectivity index (χ4n) is 2.55. The Bertz CT molecular complexity index is 484. The van der Waals surface area contributed by atoms with E-state index in [2.05, 4.69) is 15.3 Å². The first-order valence-electron chi connectivity index (χ1n) is 7.84. The summed E-state index contributed by atoms with van der Waals surface area (Å²) in [5.74, 6) is 0.0427. The van der Waals surface area contributed by atoms with Crippen molar-refractivity contribution in [1.82, 2.24) is 14.8 Å². The Morgan fingerprint density at radius 3 is 2.68 bits per heavy atom. The van der Waals surface area contributed by atoms with Gasteiger partial charge in [0.25, 0.3) is 0 Å². The maximum atomic E-state index is 11.9. The number of rotatable bonds is 6. The Morgan fingerprint density at radius 2 is 2.09 bits per heavy atom. The molecule has 1 aliphatic rings. The van der Waals surface area contributed by atoms with E-state index in [1.165, 1.54) is 0 Å². The van der Waals surface area contributed by atoms with Crippen LogP contribution in [0.2, 0.25) is 0 Å². The molecule has 2 unspecified atom stereocenters. The summed E-state index contributed by atoms with van der Waals surface area (Å²) < 4.78 is 5.57. The molecule has 0 spiro atoms. The minimum atomic E-state index is -0.410. The summed E-state index contributed by atoms with van der Waals surface area (Å²) in [6.07, 6.45) is 0.0595. The lowest BCUT2D eigenvalue weighted by atomic mass is 10.2. The summed E-state index contributed by atoms with van der Waals surface area (Å²) in [4.78, 5) is 20.7. The minimum Gasteiger partial charge on any atom is -0.372 e. The lowest BCUT2D eigenvalue weighted by molar-refractivity contribution is -0.134. The Labute approximate surface area is 136 Å². The zero-order valence-corrected chi connectivity index (χ0v) is 14.4. The molecule has 0 radical (unpaired) electrons. The fourth-order valence-corrected chi connectivity index (χ4v) is 3.36. The number of carbonyl (C=O) groups excluding carboxylic acids is 1. The predicted molar refractivity (Wildman–Crippen MR) is 87.7 cm³/mol. The third-order valence-corrected chi connectivity index (χ3v) is 4.85. The molecule has 1 fully saturated rings. The molecule has 0 saturated carbocycles. The first-order valence-corrected chi connectivity index (χ1v) is 8.71. The Balaban J connectivity index is 1.82. The molecule has 1 aromatic heterocycles. The number of piperazine rings is 1. The summed E-state index contributed by atoms with van der Waals surface area (Å²) in [7, 11) is 0. The summed E-state index contributed by atoms with van der Waals surface area (Å²) in [6.45, 7) is 10.5. The topological polar surface area (TPSA) is 71.7 Å². The number of hydrogen-bond acceptors (Lipinski definition) is 6. The van der Waals surface area contributed by atoms with E-state index in [0.29, 0.717) is 6.61 Å². The number of aromatic nitrogens is 1. The highest BCUT2D eigenvalue weighted by Gasteiger charge is 2.23. The van der Waals surface area contributed by atoms with E-state index in [4.69, 9.17) is 10.5 Å². The monoisotopic (exact) mass is 326 g/mol. The molecule has 1 aromatic rings. The van der Waals surface area contributed by atoms with Gasteiger partial charge in [0.05, 0.1) is 11.7 Å². The van der Waals surface area contributed by atoms with Crippen LogP contribution in [0.15, 0.2) is 5.38 Å². The molecule has 0 aliphatic carbocycles. The van der Waals surface area contributed by atoms with Gasteiger partial charge in [0.2, 0.25) is 5.91 Å². The molecule has 1 aliphatic heterocycles. The van der Waals surface area contributed by atoms with Gasteiger partial charge < -0.3 is 15.4 Å².